The molecule has 0 aliphatic heterocycles. The van der Waals surface area contributed by atoms with Crippen molar-refractivity contribution < 1.29 is 14.3 Å². The number of ether oxygens (including phenoxy) is 1. The Hall–Kier alpha value is -4.38. The van der Waals surface area contributed by atoms with Crippen LogP contribution < -0.4 is 15.4 Å². The van der Waals surface area contributed by atoms with E-state index >= 15 is 0 Å². The molecule has 0 unspecified atom stereocenters. The first kappa shape index (κ1) is 29.6. The fourth-order valence-electron chi connectivity index (χ4n) is 4.37. The number of rotatable bonds is 8. The summed E-state index contributed by atoms with van der Waals surface area (Å²) in [4.78, 5) is 26.6. The highest BCUT2D eigenvalue weighted by molar-refractivity contribution is 5.97. The highest BCUT2D eigenvalue weighted by atomic mass is 16.5. The topological polar surface area (TPSA) is 67.4 Å². The van der Waals surface area contributed by atoms with E-state index in [1.54, 1.807) is 0 Å². The van der Waals surface area contributed by atoms with Gasteiger partial charge in [-0.25, -0.2) is 0 Å². The Balaban J connectivity index is 1.53. The van der Waals surface area contributed by atoms with Crippen LogP contribution in [0.2, 0.25) is 0 Å². The van der Waals surface area contributed by atoms with Crippen LogP contribution in [0.5, 0.6) is 5.75 Å². The Morgan fingerprint density at radius 1 is 0.610 bits per heavy atom. The molecule has 212 valence electrons. The number of carbonyl (C=O) groups is 2. The molecule has 2 N–H and O–H groups in total. The van der Waals surface area contributed by atoms with Gasteiger partial charge in [-0.3, -0.25) is 9.59 Å². The minimum atomic E-state index is -0.747. The number of carbonyl (C=O) groups excluding carboxylic acids is 2. The number of amides is 2. The molecule has 4 rings (SSSR count). The lowest BCUT2D eigenvalue weighted by Gasteiger charge is -2.23. The zero-order chi connectivity index (χ0) is 29.6. The fraction of sp³-hybridized carbons (Fsp3) is 0.278. The largest absolute Gasteiger partial charge is 0.489 e. The molecule has 0 radical (unpaired) electrons. The van der Waals surface area contributed by atoms with Crippen molar-refractivity contribution in [3.05, 3.63) is 137 Å². The van der Waals surface area contributed by atoms with E-state index in [0.717, 1.165) is 22.3 Å². The molecule has 0 heterocycles. The van der Waals surface area contributed by atoms with E-state index < -0.39 is 6.17 Å². The lowest BCUT2D eigenvalue weighted by Crippen LogP contribution is -2.41. The van der Waals surface area contributed by atoms with Gasteiger partial charge in [-0.15, -0.1) is 0 Å². The van der Waals surface area contributed by atoms with Crippen molar-refractivity contribution in [2.75, 3.05) is 0 Å². The smallest absolute Gasteiger partial charge is 0.253 e. The van der Waals surface area contributed by atoms with E-state index in [4.69, 9.17) is 4.74 Å². The Morgan fingerprint density at radius 3 is 1.46 bits per heavy atom. The van der Waals surface area contributed by atoms with Gasteiger partial charge in [0.15, 0.2) is 0 Å². The van der Waals surface area contributed by atoms with E-state index in [9.17, 15) is 9.59 Å². The van der Waals surface area contributed by atoms with Crippen LogP contribution in [0.4, 0.5) is 0 Å². The SMILES string of the molecule is CC(C)(C)c1ccc(C(=O)NC(NC(=O)c2ccc(C(C)(C)C)cc2)c2ccc(OCc3ccccc3)cc2)cc1. The normalized spacial score (nSPS) is 11.7. The third kappa shape index (κ3) is 8.07. The number of nitrogens with one attached hydrogen (secondary N) is 2. The van der Waals surface area contributed by atoms with Crippen molar-refractivity contribution in [1.82, 2.24) is 10.6 Å². The van der Waals surface area contributed by atoms with Crippen molar-refractivity contribution >= 4 is 11.8 Å². The third-order valence-electron chi connectivity index (χ3n) is 7.04. The molecular weight excluding hydrogens is 508 g/mol. The predicted molar refractivity (Wildman–Crippen MR) is 165 cm³/mol. The Kier molecular flexibility index (Phi) is 8.97. The summed E-state index contributed by atoms with van der Waals surface area (Å²) in [5.74, 6) is 0.149. The van der Waals surface area contributed by atoms with E-state index in [2.05, 4.69) is 52.2 Å². The molecule has 0 bridgehead atoms. The average molecular weight is 549 g/mol. The molecule has 0 saturated carbocycles. The van der Waals surface area contributed by atoms with Gasteiger partial charge < -0.3 is 15.4 Å². The monoisotopic (exact) mass is 548 g/mol. The molecule has 0 aliphatic carbocycles. The minimum absolute atomic E-state index is 0.0155. The van der Waals surface area contributed by atoms with Crippen LogP contribution in [0.1, 0.15) is 90.7 Å². The molecule has 0 saturated heterocycles. The van der Waals surface area contributed by atoms with Crippen molar-refractivity contribution in [3.63, 3.8) is 0 Å². The van der Waals surface area contributed by atoms with Gasteiger partial charge in [-0.05, 0) is 69.5 Å². The summed E-state index contributed by atoms with van der Waals surface area (Å²) >= 11 is 0. The fourth-order valence-corrected chi connectivity index (χ4v) is 4.37. The van der Waals surface area contributed by atoms with Crippen LogP contribution in [0.3, 0.4) is 0 Å². The first-order valence-corrected chi connectivity index (χ1v) is 14.0. The highest BCUT2D eigenvalue weighted by Gasteiger charge is 2.21. The highest BCUT2D eigenvalue weighted by Crippen LogP contribution is 2.24. The molecule has 0 aliphatic rings. The van der Waals surface area contributed by atoms with Crippen molar-refractivity contribution in [2.24, 2.45) is 0 Å². The van der Waals surface area contributed by atoms with Gasteiger partial charge in [-0.2, -0.15) is 0 Å². The molecule has 0 spiro atoms. The molecule has 5 nitrogen and oxygen atoms in total. The zero-order valence-corrected chi connectivity index (χ0v) is 24.8. The maximum Gasteiger partial charge on any atom is 0.253 e. The third-order valence-corrected chi connectivity index (χ3v) is 7.04. The predicted octanol–water partition coefficient (Wildman–Crippen LogP) is 7.72. The zero-order valence-electron chi connectivity index (χ0n) is 24.8. The van der Waals surface area contributed by atoms with Gasteiger partial charge in [0.05, 0.1) is 0 Å². The molecule has 5 heteroatoms. The van der Waals surface area contributed by atoms with Crippen molar-refractivity contribution in [3.8, 4) is 5.75 Å². The first-order valence-electron chi connectivity index (χ1n) is 14.0. The van der Waals surface area contributed by atoms with Gasteiger partial charge in [0.1, 0.15) is 18.5 Å². The molecule has 0 atom stereocenters. The van der Waals surface area contributed by atoms with E-state index in [1.807, 2.05) is 103 Å². The van der Waals surface area contributed by atoms with E-state index in [1.165, 1.54) is 0 Å². The summed E-state index contributed by atoms with van der Waals surface area (Å²) in [5, 5.41) is 6.02. The molecule has 2 amide bonds. The summed E-state index contributed by atoms with van der Waals surface area (Å²) in [5.41, 5.74) is 5.11. The quantitative estimate of drug-likeness (QED) is 0.222. The summed E-state index contributed by atoms with van der Waals surface area (Å²) in [6.07, 6.45) is -0.747. The van der Waals surface area contributed by atoms with Crippen LogP contribution in [0, 0.1) is 0 Å². The number of benzene rings is 4. The molecule has 0 aromatic heterocycles. The van der Waals surface area contributed by atoms with Gasteiger partial charge in [0.25, 0.3) is 11.8 Å². The molecule has 0 fully saturated rings. The molecular formula is C36H40N2O3. The van der Waals surface area contributed by atoms with E-state index in [0.29, 0.717) is 23.5 Å². The lowest BCUT2D eigenvalue weighted by molar-refractivity contribution is 0.0883. The second kappa shape index (κ2) is 12.4. The van der Waals surface area contributed by atoms with Crippen molar-refractivity contribution in [2.45, 2.75) is 65.1 Å². The van der Waals surface area contributed by atoms with Gasteiger partial charge in [0.2, 0.25) is 0 Å². The molecule has 4 aromatic carbocycles. The second-order valence-electron chi connectivity index (χ2n) is 12.4. The van der Waals surface area contributed by atoms with Crippen LogP contribution in [-0.4, -0.2) is 11.8 Å². The van der Waals surface area contributed by atoms with Crippen LogP contribution in [0.25, 0.3) is 0 Å². The van der Waals surface area contributed by atoms with Gasteiger partial charge in [0, 0.05) is 11.1 Å². The van der Waals surface area contributed by atoms with Crippen LogP contribution >= 0.6 is 0 Å². The van der Waals surface area contributed by atoms with E-state index in [-0.39, 0.29) is 22.6 Å². The summed E-state index contributed by atoms with van der Waals surface area (Å²) in [6, 6.07) is 32.5. The molecule has 4 aromatic rings. The van der Waals surface area contributed by atoms with Crippen LogP contribution in [-0.2, 0) is 17.4 Å². The van der Waals surface area contributed by atoms with Gasteiger partial charge in [-0.1, -0.05) is 108 Å². The standard InChI is InChI=1S/C36H40N2O3/c1-35(2,3)29-18-12-27(13-19-29)33(39)37-32(38-34(40)28-14-20-30(21-15-28)36(4,5)6)26-16-22-31(23-17-26)41-24-25-10-8-7-9-11-25/h7-23,32H,24H2,1-6H3,(H,37,39)(H,38,40). The summed E-state index contributed by atoms with van der Waals surface area (Å²) in [6.45, 7) is 13.3. The van der Waals surface area contributed by atoms with Crippen LogP contribution in [0.15, 0.2) is 103 Å². The van der Waals surface area contributed by atoms with Gasteiger partial charge >= 0.3 is 0 Å². The maximum atomic E-state index is 13.3. The summed E-state index contributed by atoms with van der Waals surface area (Å²) in [7, 11) is 0. The first-order chi connectivity index (χ1) is 19.4. The molecule has 41 heavy (non-hydrogen) atoms. The Morgan fingerprint density at radius 2 is 1.05 bits per heavy atom. The Bertz CT molecular complexity index is 1370. The Labute approximate surface area is 244 Å². The lowest BCUT2D eigenvalue weighted by atomic mass is 9.86. The second-order valence-corrected chi connectivity index (χ2v) is 12.4. The van der Waals surface area contributed by atoms with Crippen molar-refractivity contribution in [1.29, 1.82) is 0 Å². The summed E-state index contributed by atoms with van der Waals surface area (Å²) < 4.78 is 5.93. The number of hydrogen-bond donors (Lipinski definition) is 2. The maximum absolute atomic E-state index is 13.3. The average Bonchev–Trinajstić information content (AvgIpc) is 2.95. The number of hydrogen-bond acceptors (Lipinski definition) is 3. The minimum Gasteiger partial charge on any atom is -0.489 e.